The van der Waals surface area contributed by atoms with Crippen LogP contribution in [0.4, 0.5) is 5.69 Å². The number of benzene rings is 3. The molecule has 4 aromatic rings. The fraction of sp³-hybridized carbons (Fsp3) is 0.222. The molecule has 6 heteroatoms. The van der Waals surface area contributed by atoms with Gasteiger partial charge in [-0.3, -0.25) is 9.59 Å². The first kappa shape index (κ1) is 19.5. The third kappa shape index (κ3) is 2.94. The largest absolute Gasteiger partial charge is 0.274 e. The molecule has 0 unspecified atom stereocenters. The SMILES string of the molecule is O=C1[C@@H]2[C@@H](C(=O)N1c1ccc3nc(SCc4cccc5ccccc45)sc3c1)[C@H]1C=C[C@H]2C1. The number of imide groups is 1. The van der Waals surface area contributed by atoms with Crippen molar-refractivity contribution in [2.24, 2.45) is 23.7 Å². The summed E-state index contributed by atoms with van der Waals surface area (Å²) in [7, 11) is 0. The molecule has 2 bridgehead atoms. The Bertz CT molecular complexity index is 1450. The lowest BCUT2D eigenvalue weighted by Crippen LogP contribution is -2.32. The number of amides is 2. The standard InChI is InChI=1S/C27H20N2O2S2/c30-25-23-16-8-9-17(12-16)24(23)26(31)29(25)19-10-11-21-22(13-19)33-27(28-21)32-14-18-6-3-5-15-4-1-2-7-20(15)18/h1-11,13,16-17,23-24H,12,14H2/t16-,17-,23-,24-/m0/s1. The topological polar surface area (TPSA) is 50.3 Å². The van der Waals surface area contributed by atoms with E-state index in [1.54, 1.807) is 23.1 Å². The average molecular weight is 469 g/mol. The Morgan fingerprint density at radius 1 is 0.939 bits per heavy atom. The van der Waals surface area contributed by atoms with E-state index in [0.717, 1.165) is 26.7 Å². The molecule has 1 saturated carbocycles. The minimum atomic E-state index is -0.170. The summed E-state index contributed by atoms with van der Waals surface area (Å²) in [6.07, 6.45) is 5.21. The number of carbonyl (C=O) groups is 2. The normalized spacial score (nSPS) is 25.6. The molecule has 0 N–H and O–H groups in total. The molecule has 2 heterocycles. The Kier molecular flexibility index (Phi) is 4.30. The van der Waals surface area contributed by atoms with Crippen molar-refractivity contribution in [3.63, 3.8) is 0 Å². The highest BCUT2D eigenvalue weighted by atomic mass is 32.2. The van der Waals surface area contributed by atoms with Gasteiger partial charge in [0.15, 0.2) is 4.34 Å². The molecular weight excluding hydrogens is 448 g/mol. The van der Waals surface area contributed by atoms with Gasteiger partial charge in [-0.1, -0.05) is 66.4 Å². The second-order valence-corrected chi connectivity index (χ2v) is 11.3. The van der Waals surface area contributed by atoms with Crippen molar-refractivity contribution in [1.82, 2.24) is 4.98 Å². The van der Waals surface area contributed by atoms with Crippen LogP contribution in [0.15, 0.2) is 77.2 Å². The molecule has 7 rings (SSSR count). The van der Waals surface area contributed by atoms with Crippen LogP contribution in [0.2, 0.25) is 0 Å². The molecule has 0 spiro atoms. The van der Waals surface area contributed by atoms with Crippen LogP contribution in [0.25, 0.3) is 21.0 Å². The molecular formula is C27H20N2O2S2. The molecule has 2 fully saturated rings. The van der Waals surface area contributed by atoms with Gasteiger partial charge in [0.2, 0.25) is 11.8 Å². The van der Waals surface area contributed by atoms with Crippen LogP contribution < -0.4 is 4.90 Å². The van der Waals surface area contributed by atoms with Crippen molar-refractivity contribution in [3.05, 3.63) is 78.4 Å². The van der Waals surface area contributed by atoms with Crippen molar-refractivity contribution in [1.29, 1.82) is 0 Å². The second-order valence-electron chi connectivity index (χ2n) is 9.07. The number of nitrogens with zero attached hydrogens (tertiary/aromatic N) is 2. The number of thiazole rings is 1. The summed E-state index contributed by atoms with van der Waals surface area (Å²) >= 11 is 3.35. The predicted octanol–water partition coefficient (Wildman–Crippen LogP) is 6.05. The van der Waals surface area contributed by atoms with Gasteiger partial charge >= 0.3 is 0 Å². The Labute approximate surface area is 199 Å². The summed E-state index contributed by atoms with van der Waals surface area (Å²) in [6, 6.07) is 20.6. The number of thioether (sulfide) groups is 1. The lowest BCUT2D eigenvalue weighted by Gasteiger charge is -2.17. The number of carbonyl (C=O) groups excluding carboxylic acids is 2. The van der Waals surface area contributed by atoms with Gasteiger partial charge in [0.1, 0.15) is 0 Å². The number of hydrogen-bond donors (Lipinski definition) is 0. The first-order chi connectivity index (χ1) is 16.2. The van der Waals surface area contributed by atoms with E-state index in [1.165, 1.54) is 21.2 Å². The lowest BCUT2D eigenvalue weighted by molar-refractivity contribution is -0.123. The summed E-state index contributed by atoms with van der Waals surface area (Å²) in [5, 5.41) is 2.52. The van der Waals surface area contributed by atoms with Crippen molar-refractivity contribution in [2.75, 3.05) is 4.90 Å². The minimum Gasteiger partial charge on any atom is -0.274 e. The van der Waals surface area contributed by atoms with Gasteiger partial charge in [-0.25, -0.2) is 9.88 Å². The van der Waals surface area contributed by atoms with E-state index < -0.39 is 0 Å². The highest BCUT2D eigenvalue weighted by Gasteiger charge is 2.59. The summed E-state index contributed by atoms with van der Waals surface area (Å²) in [5.74, 6) is 0.896. The van der Waals surface area contributed by atoms with E-state index in [2.05, 4.69) is 54.6 Å². The maximum absolute atomic E-state index is 13.2. The number of hydrogen-bond acceptors (Lipinski definition) is 5. The fourth-order valence-electron chi connectivity index (χ4n) is 5.81. The molecule has 4 nitrogen and oxygen atoms in total. The van der Waals surface area contributed by atoms with Gasteiger partial charge in [-0.15, -0.1) is 11.3 Å². The molecule has 162 valence electrons. The van der Waals surface area contributed by atoms with Gasteiger partial charge in [0.05, 0.1) is 27.7 Å². The third-order valence-corrected chi connectivity index (χ3v) is 9.52. The highest BCUT2D eigenvalue weighted by molar-refractivity contribution is 8.00. The first-order valence-corrected chi connectivity index (χ1v) is 13.0. The van der Waals surface area contributed by atoms with Crippen LogP contribution in [0.3, 0.4) is 0 Å². The Morgan fingerprint density at radius 2 is 1.70 bits per heavy atom. The van der Waals surface area contributed by atoms with Crippen LogP contribution >= 0.6 is 23.1 Å². The number of rotatable bonds is 4. The Balaban J connectivity index is 1.16. The number of allylic oxidation sites excluding steroid dienone is 2. The van der Waals surface area contributed by atoms with E-state index in [-0.39, 0.29) is 35.5 Å². The maximum Gasteiger partial charge on any atom is 0.238 e. The van der Waals surface area contributed by atoms with Gasteiger partial charge in [0, 0.05) is 5.75 Å². The summed E-state index contributed by atoms with van der Waals surface area (Å²) in [5.41, 5.74) is 2.88. The number of aromatic nitrogens is 1. The van der Waals surface area contributed by atoms with Crippen LogP contribution in [-0.4, -0.2) is 16.8 Å². The molecule has 2 aliphatic carbocycles. The monoisotopic (exact) mass is 468 g/mol. The molecule has 33 heavy (non-hydrogen) atoms. The van der Waals surface area contributed by atoms with E-state index in [4.69, 9.17) is 4.98 Å². The fourth-order valence-corrected chi connectivity index (χ4v) is 7.91. The Morgan fingerprint density at radius 3 is 2.52 bits per heavy atom. The zero-order valence-electron chi connectivity index (χ0n) is 17.7. The van der Waals surface area contributed by atoms with Crippen LogP contribution in [0.1, 0.15) is 12.0 Å². The molecule has 3 aromatic carbocycles. The van der Waals surface area contributed by atoms with Gasteiger partial charge in [-0.2, -0.15) is 0 Å². The van der Waals surface area contributed by atoms with E-state index in [9.17, 15) is 9.59 Å². The summed E-state index contributed by atoms with van der Waals surface area (Å²) in [4.78, 5) is 32.5. The maximum atomic E-state index is 13.2. The number of fused-ring (bicyclic) bond motifs is 7. The smallest absolute Gasteiger partial charge is 0.238 e. The molecule has 1 aromatic heterocycles. The summed E-state index contributed by atoms with van der Waals surface area (Å²) < 4.78 is 2.00. The summed E-state index contributed by atoms with van der Waals surface area (Å²) in [6.45, 7) is 0. The van der Waals surface area contributed by atoms with Gasteiger partial charge in [-0.05, 0) is 52.8 Å². The third-order valence-electron chi connectivity index (χ3n) is 7.31. The zero-order chi connectivity index (χ0) is 22.1. The van der Waals surface area contributed by atoms with Crippen molar-refractivity contribution in [2.45, 2.75) is 16.5 Å². The second kappa shape index (κ2) is 7.27. The predicted molar refractivity (Wildman–Crippen MR) is 133 cm³/mol. The molecule has 2 amide bonds. The van der Waals surface area contributed by atoms with E-state index in [0.29, 0.717) is 5.69 Å². The quantitative estimate of drug-likeness (QED) is 0.208. The molecule has 1 aliphatic heterocycles. The zero-order valence-corrected chi connectivity index (χ0v) is 19.3. The lowest BCUT2D eigenvalue weighted by atomic mass is 9.85. The molecule has 4 atom stereocenters. The van der Waals surface area contributed by atoms with Crippen LogP contribution in [0.5, 0.6) is 0 Å². The van der Waals surface area contributed by atoms with Crippen molar-refractivity contribution < 1.29 is 9.59 Å². The molecule has 3 aliphatic rings. The van der Waals surface area contributed by atoms with Gasteiger partial charge in [0.25, 0.3) is 0 Å². The molecule has 0 radical (unpaired) electrons. The van der Waals surface area contributed by atoms with Crippen LogP contribution in [-0.2, 0) is 15.3 Å². The van der Waals surface area contributed by atoms with Crippen LogP contribution in [0, 0.1) is 23.7 Å². The number of anilines is 1. The van der Waals surface area contributed by atoms with Crippen molar-refractivity contribution >= 4 is 61.6 Å². The minimum absolute atomic E-state index is 0.0312. The first-order valence-electron chi connectivity index (χ1n) is 11.2. The van der Waals surface area contributed by atoms with Crippen molar-refractivity contribution in [3.8, 4) is 0 Å². The Hall–Kier alpha value is -2.96. The van der Waals surface area contributed by atoms with E-state index >= 15 is 0 Å². The van der Waals surface area contributed by atoms with Gasteiger partial charge < -0.3 is 0 Å². The highest BCUT2D eigenvalue weighted by Crippen LogP contribution is 2.53. The average Bonchev–Trinajstić information content (AvgIpc) is 3.60. The van der Waals surface area contributed by atoms with E-state index in [1.807, 2.05) is 18.2 Å². The molecule has 1 saturated heterocycles.